The molecule has 4 rings (SSSR count). The van der Waals surface area contributed by atoms with Crippen LogP contribution < -0.4 is 5.32 Å². The Labute approximate surface area is 89.6 Å². The third kappa shape index (κ3) is 0.998. The molecule has 0 aromatic rings. The Hall–Kier alpha value is -0.930. The second-order valence-electron chi connectivity index (χ2n) is 4.95. The first-order valence-electron chi connectivity index (χ1n) is 5.80. The number of rotatable bonds is 0. The van der Waals surface area contributed by atoms with E-state index in [4.69, 9.17) is 0 Å². The number of hydrogen-bond acceptors (Lipinski definition) is 3. The monoisotopic (exact) mass is 201 g/mol. The number of nitrogens with one attached hydrogen (secondary N) is 1. The fourth-order valence-electron chi connectivity index (χ4n) is 3.46. The fraction of sp³-hybridized carbons (Fsp3) is 0.583. The highest BCUT2D eigenvalue weighted by Gasteiger charge is 2.51. The average Bonchev–Trinajstić information content (AvgIpc) is 2.87. The largest absolute Gasteiger partial charge is 0.297 e. The van der Waals surface area contributed by atoms with Crippen molar-refractivity contribution in [2.45, 2.75) is 18.2 Å². The highest BCUT2D eigenvalue weighted by molar-refractivity contribution is 5.65. The maximum absolute atomic E-state index is 4.42. The zero-order valence-electron chi connectivity index (χ0n) is 8.58. The summed E-state index contributed by atoms with van der Waals surface area (Å²) in [5, 5.41) is 3.72. The van der Waals surface area contributed by atoms with Crippen LogP contribution in [-0.4, -0.2) is 42.5 Å². The SMILES string of the molecule is C1=CC2NC3C4C=NCC4CN3C2C=C1. The first kappa shape index (κ1) is 8.25. The molecule has 1 aliphatic carbocycles. The van der Waals surface area contributed by atoms with E-state index in [2.05, 4.69) is 45.7 Å². The first-order valence-corrected chi connectivity index (χ1v) is 5.80. The van der Waals surface area contributed by atoms with Crippen LogP contribution in [0, 0.1) is 11.8 Å². The van der Waals surface area contributed by atoms with Gasteiger partial charge in [-0.15, -0.1) is 0 Å². The molecule has 4 aliphatic rings. The van der Waals surface area contributed by atoms with E-state index in [9.17, 15) is 0 Å². The predicted molar refractivity (Wildman–Crippen MR) is 59.8 cm³/mol. The molecule has 0 amide bonds. The number of fused-ring (bicyclic) bond motifs is 5. The van der Waals surface area contributed by atoms with Crippen molar-refractivity contribution < 1.29 is 0 Å². The standard InChI is InChI=1S/C12H15N3/c1-2-4-11-10(3-1)14-12-9-6-13-5-8(9)7-15(11)12/h1-4,6,8-12,14H,5,7H2. The smallest absolute Gasteiger partial charge is 0.0691 e. The summed E-state index contributed by atoms with van der Waals surface area (Å²) in [7, 11) is 0. The van der Waals surface area contributed by atoms with Gasteiger partial charge >= 0.3 is 0 Å². The van der Waals surface area contributed by atoms with Gasteiger partial charge in [-0.1, -0.05) is 24.3 Å². The minimum absolute atomic E-state index is 0.523. The lowest BCUT2D eigenvalue weighted by Crippen LogP contribution is -2.37. The van der Waals surface area contributed by atoms with Crippen LogP contribution in [0.25, 0.3) is 0 Å². The van der Waals surface area contributed by atoms with Gasteiger partial charge in [-0.05, 0) is 0 Å². The van der Waals surface area contributed by atoms with Crippen LogP contribution in [0.1, 0.15) is 0 Å². The molecule has 2 saturated heterocycles. The van der Waals surface area contributed by atoms with Crippen molar-refractivity contribution in [1.82, 2.24) is 10.2 Å². The van der Waals surface area contributed by atoms with Crippen molar-refractivity contribution in [2.24, 2.45) is 16.8 Å². The summed E-state index contributed by atoms with van der Waals surface area (Å²) in [5.74, 6) is 1.42. The number of allylic oxidation sites excluding steroid dienone is 2. The molecule has 0 aromatic heterocycles. The molecule has 0 saturated carbocycles. The summed E-state index contributed by atoms with van der Waals surface area (Å²) in [5.41, 5.74) is 0. The Bertz CT molecular complexity index is 371. The topological polar surface area (TPSA) is 27.6 Å². The molecule has 3 nitrogen and oxygen atoms in total. The zero-order valence-corrected chi connectivity index (χ0v) is 8.58. The average molecular weight is 201 g/mol. The van der Waals surface area contributed by atoms with E-state index in [0.717, 1.165) is 12.5 Å². The van der Waals surface area contributed by atoms with E-state index in [-0.39, 0.29) is 0 Å². The van der Waals surface area contributed by atoms with Gasteiger partial charge < -0.3 is 0 Å². The van der Waals surface area contributed by atoms with Gasteiger partial charge in [-0.3, -0.25) is 15.2 Å². The molecule has 3 aliphatic heterocycles. The van der Waals surface area contributed by atoms with Crippen LogP contribution in [0.3, 0.4) is 0 Å². The molecule has 0 spiro atoms. The number of hydrogen-bond donors (Lipinski definition) is 1. The number of nitrogens with zero attached hydrogens (tertiary/aromatic N) is 2. The van der Waals surface area contributed by atoms with E-state index in [0.29, 0.717) is 24.2 Å². The second-order valence-corrected chi connectivity index (χ2v) is 4.95. The lowest BCUT2D eigenvalue weighted by molar-refractivity contribution is 0.258. The van der Waals surface area contributed by atoms with Gasteiger partial charge in [0.05, 0.1) is 6.17 Å². The van der Waals surface area contributed by atoms with Gasteiger partial charge in [0.1, 0.15) is 0 Å². The summed E-state index contributed by atoms with van der Waals surface area (Å²) >= 11 is 0. The number of aliphatic imine (C=N–C) groups is 1. The Kier molecular flexibility index (Phi) is 1.54. The van der Waals surface area contributed by atoms with Crippen molar-refractivity contribution in [3.8, 4) is 0 Å². The van der Waals surface area contributed by atoms with Crippen LogP contribution >= 0.6 is 0 Å². The lowest BCUT2D eigenvalue weighted by Gasteiger charge is -2.23. The highest BCUT2D eigenvalue weighted by atomic mass is 15.4. The summed E-state index contributed by atoms with van der Waals surface area (Å²) in [6, 6.07) is 1.11. The predicted octanol–water partition coefficient (Wildman–Crippen LogP) is 0.411. The van der Waals surface area contributed by atoms with E-state index in [1.807, 2.05) is 0 Å². The highest BCUT2D eigenvalue weighted by Crippen LogP contribution is 2.38. The van der Waals surface area contributed by atoms with Gasteiger partial charge in [0.2, 0.25) is 0 Å². The minimum Gasteiger partial charge on any atom is -0.297 e. The summed E-state index contributed by atoms with van der Waals surface area (Å²) < 4.78 is 0. The Morgan fingerprint density at radius 1 is 1.27 bits per heavy atom. The van der Waals surface area contributed by atoms with E-state index in [1.54, 1.807) is 0 Å². The van der Waals surface area contributed by atoms with Gasteiger partial charge in [-0.25, -0.2) is 0 Å². The lowest BCUT2D eigenvalue weighted by atomic mass is 9.97. The molecular weight excluding hydrogens is 186 g/mol. The third-order valence-corrected chi connectivity index (χ3v) is 4.18. The van der Waals surface area contributed by atoms with Crippen molar-refractivity contribution >= 4 is 6.21 Å². The Balaban J connectivity index is 1.68. The van der Waals surface area contributed by atoms with E-state index in [1.165, 1.54) is 6.54 Å². The van der Waals surface area contributed by atoms with Crippen LogP contribution in [0.15, 0.2) is 29.3 Å². The second kappa shape index (κ2) is 2.80. The molecule has 1 N–H and O–H groups in total. The van der Waals surface area contributed by atoms with Gasteiger partial charge in [0, 0.05) is 43.2 Å². The molecule has 0 radical (unpaired) electrons. The quantitative estimate of drug-likeness (QED) is 0.615. The van der Waals surface area contributed by atoms with E-state index < -0.39 is 0 Å². The zero-order chi connectivity index (χ0) is 9.83. The molecule has 3 heteroatoms. The van der Waals surface area contributed by atoms with Crippen LogP contribution in [-0.2, 0) is 0 Å². The maximum Gasteiger partial charge on any atom is 0.0691 e. The van der Waals surface area contributed by atoms with Crippen molar-refractivity contribution in [1.29, 1.82) is 0 Å². The first-order chi connectivity index (χ1) is 7.43. The van der Waals surface area contributed by atoms with E-state index >= 15 is 0 Å². The fourth-order valence-corrected chi connectivity index (χ4v) is 3.46. The molecular formula is C12H15N3. The molecule has 78 valence electrons. The molecule has 3 heterocycles. The summed E-state index contributed by atoms with van der Waals surface area (Å²) in [6.45, 7) is 2.25. The van der Waals surface area contributed by atoms with Gasteiger partial charge in [0.15, 0.2) is 0 Å². The Morgan fingerprint density at radius 3 is 3.20 bits per heavy atom. The van der Waals surface area contributed by atoms with Crippen LogP contribution in [0.5, 0.6) is 0 Å². The minimum atomic E-state index is 0.523. The molecule has 5 unspecified atom stereocenters. The van der Waals surface area contributed by atoms with Gasteiger partial charge in [0.25, 0.3) is 0 Å². The third-order valence-electron chi connectivity index (χ3n) is 4.18. The normalized spacial score (nSPS) is 50.8. The summed E-state index contributed by atoms with van der Waals surface area (Å²) in [4.78, 5) is 7.03. The van der Waals surface area contributed by atoms with Crippen molar-refractivity contribution in [3.05, 3.63) is 24.3 Å². The molecule has 5 atom stereocenters. The van der Waals surface area contributed by atoms with Crippen molar-refractivity contribution in [2.75, 3.05) is 13.1 Å². The van der Waals surface area contributed by atoms with Gasteiger partial charge in [-0.2, -0.15) is 0 Å². The molecule has 2 fully saturated rings. The van der Waals surface area contributed by atoms with Crippen molar-refractivity contribution in [3.63, 3.8) is 0 Å². The summed E-state index contributed by atoms with van der Waals surface area (Å²) in [6.07, 6.45) is 11.6. The molecule has 0 bridgehead atoms. The molecule has 15 heavy (non-hydrogen) atoms. The molecule has 0 aromatic carbocycles. The maximum atomic E-state index is 4.42. The Morgan fingerprint density at radius 2 is 2.20 bits per heavy atom. The van der Waals surface area contributed by atoms with Crippen LogP contribution in [0.4, 0.5) is 0 Å². The van der Waals surface area contributed by atoms with Crippen LogP contribution in [0.2, 0.25) is 0 Å².